The molecule has 0 spiro atoms. The number of urea groups is 1. The Balaban J connectivity index is 1.74. The summed E-state index contributed by atoms with van der Waals surface area (Å²) in [5, 5.41) is 2.48. The Morgan fingerprint density at radius 3 is 2.57 bits per heavy atom. The minimum atomic E-state index is -0.278. The van der Waals surface area contributed by atoms with Gasteiger partial charge in [0.1, 0.15) is 0 Å². The highest BCUT2D eigenvalue weighted by Gasteiger charge is 2.30. The molecule has 14 heavy (non-hydrogen) atoms. The molecule has 0 saturated carbocycles. The molecule has 2 heterocycles. The van der Waals surface area contributed by atoms with Crippen molar-refractivity contribution >= 4 is 11.9 Å². The van der Waals surface area contributed by atoms with Crippen LogP contribution in [-0.2, 0) is 4.79 Å². The monoisotopic (exact) mass is 198 g/mol. The first kappa shape index (κ1) is 9.42. The largest absolute Gasteiger partial charge is 0.329 e. The maximum atomic E-state index is 11.2. The van der Waals surface area contributed by atoms with Crippen LogP contribution in [0.1, 0.15) is 0 Å². The van der Waals surface area contributed by atoms with Crippen molar-refractivity contribution in [2.45, 2.75) is 6.04 Å². The van der Waals surface area contributed by atoms with Gasteiger partial charge in [-0.3, -0.25) is 14.6 Å². The lowest BCUT2D eigenvalue weighted by Crippen LogP contribution is -2.57. The third kappa shape index (κ3) is 1.71. The van der Waals surface area contributed by atoms with E-state index >= 15 is 0 Å². The number of rotatable bonds is 3. The lowest BCUT2D eigenvalue weighted by Gasteiger charge is -2.37. The number of likely N-dealkylation sites (tertiary alicyclic amines) is 1. The van der Waals surface area contributed by atoms with Gasteiger partial charge in [0, 0.05) is 32.2 Å². The first-order chi connectivity index (χ1) is 6.66. The van der Waals surface area contributed by atoms with E-state index in [0.29, 0.717) is 6.54 Å². The van der Waals surface area contributed by atoms with Gasteiger partial charge in [-0.1, -0.05) is 0 Å². The summed E-state index contributed by atoms with van der Waals surface area (Å²) in [5.74, 6) is -0.139. The van der Waals surface area contributed by atoms with E-state index in [1.54, 1.807) is 0 Å². The van der Waals surface area contributed by atoms with E-state index in [-0.39, 0.29) is 24.5 Å². The van der Waals surface area contributed by atoms with Crippen molar-refractivity contribution in [1.29, 1.82) is 0 Å². The average Bonchev–Trinajstić information content (AvgIpc) is 2.40. The quantitative estimate of drug-likeness (QED) is 0.523. The van der Waals surface area contributed by atoms with Crippen molar-refractivity contribution in [2.75, 3.05) is 32.7 Å². The molecule has 2 saturated heterocycles. The van der Waals surface area contributed by atoms with Crippen molar-refractivity contribution in [2.24, 2.45) is 5.73 Å². The molecule has 0 unspecified atom stereocenters. The highest BCUT2D eigenvalue weighted by atomic mass is 16.2. The predicted octanol–water partition coefficient (Wildman–Crippen LogP) is -1.82. The molecule has 2 fully saturated rings. The van der Waals surface area contributed by atoms with Gasteiger partial charge in [-0.2, -0.15) is 0 Å². The summed E-state index contributed by atoms with van der Waals surface area (Å²) in [4.78, 5) is 25.7. The summed E-state index contributed by atoms with van der Waals surface area (Å²) >= 11 is 0. The van der Waals surface area contributed by atoms with Crippen molar-refractivity contribution in [3.8, 4) is 0 Å². The lowest BCUT2D eigenvalue weighted by molar-refractivity contribution is -0.125. The number of hydrogen-bond acceptors (Lipinski definition) is 4. The second kappa shape index (κ2) is 3.55. The molecule has 3 amide bonds. The minimum absolute atomic E-state index is 0.137. The zero-order valence-corrected chi connectivity index (χ0v) is 7.90. The molecule has 0 bridgehead atoms. The van der Waals surface area contributed by atoms with Gasteiger partial charge in [-0.25, -0.2) is 4.79 Å². The van der Waals surface area contributed by atoms with Crippen molar-refractivity contribution in [1.82, 2.24) is 15.1 Å². The second-order valence-electron chi connectivity index (χ2n) is 3.72. The van der Waals surface area contributed by atoms with Crippen LogP contribution < -0.4 is 11.1 Å². The fourth-order valence-electron chi connectivity index (χ4n) is 1.72. The van der Waals surface area contributed by atoms with Crippen LogP contribution in [0.5, 0.6) is 0 Å². The number of carbonyl (C=O) groups is 2. The Bertz CT molecular complexity index is 246. The fourth-order valence-corrected chi connectivity index (χ4v) is 1.72. The maximum absolute atomic E-state index is 11.2. The molecule has 0 aromatic rings. The number of imide groups is 1. The lowest BCUT2D eigenvalue weighted by atomic mass is 10.1. The van der Waals surface area contributed by atoms with E-state index in [1.807, 2.05) is 0 Å². The Morgan fingerprint density at radius 1 is 1.36 bits per heavy atom. The number of nitrogens with one attached hydrogen (secondary N) is 1. The molecule has 0 aliphatic carbocycles. The normalized spacial score (nSPS) is 23.9. The topological polar surface area (TPSA) is 78.7 Å². The van der Waals surface area contributed by atoms with E-state index in [0.717, 1.165) is 19.6 Å². The van der Waals surface area contributed by atoms with Crippen LogP contribution in [0.2, 0.25) is 0 Å². The Kier molecular flexibility index (Phi) is 2.39. The number of nitrogens with two attached hydrogens (primary N) is 1. The first-order valence-electron chi connectivity index (χ1n) is 4.73. The Labute approximate surface area is 82.0 Å². The molecular formula is C8H14N4O2. The summed E-state index contributed by atoms with van der Waals surface area (Å²) in [6.07, 6.45) is 0. The van der Waals surface area contributed by atoms with Gasteiger partial charge in [-0.05, 0) is 0 Å². The van der Waals surface area contributed by atoms with E-state index in [9.17, 15) is 9.59 Å². The van der Waals surface area contributed by atoms with Crippen LogP contribution in [-0.4, -0.2) is 60.5 Å². The third-order valence-electron chi connectivity index (χ3n) is 2.56. The minimum Gasteiger partial charge on any atom is -0.329 e. The van der Waals surface area contributed by atoms with Gasteiger partial charge in [0.2, 0.25) is 5.91 Å². The summed E-state index contributed by atoms with van der Waals surface area (Å²) in [6, 6.07) is -0.0158. The maximum Gasteiger partial charge on any atom is 0.324 e. The zero-order valence-electron chi connectivity index (χ0n) is 7.90. The second-order valence-corrected chi connectivity index (χ2v) is 3.72. The van der Waals surface area contributed by atoms with Gasteiger partial charge in [0.05, 0.1) is 6.54 Å². The van der Waals surface area contributed by atoms with Crippen LogP contribution in [0.3, 0.4) is 0 Å². The molecule has 0 aromatic carbocycles. The number of hydrogen-bond donors (Lipinski definition) is 2. The average molecular weight is 198 g/mol. The van der Waals surface area contributed by atoms with E-state index in [2.05, 4.69) is 10.2 Å². The summed E-state index contributed by atoms with van der Waals surface area (Å²) in [7, 11) is 0. The zero-order chi connectivity index (χ0) is 10.1. The molecular weight excluding hydrogens is 184 g/mol. The van der Waals surface area contributed by atoms with E-state index < -0.39 is 0 Å². The van der Waals surface area contributed by atoms with E-state index in [4.69, 9.17) is 5.73 Å². The fraction of sp³-hybridized carbons (Fsp3) is 0.750. The Morgan fingerprint density at radius 2 is 2.07 bits per heavy atom. The SMILES string of the molecule is NC1CN(CCN2C(=O)CNC2=O)C1. The summed E-state index contributed by atoms with van der Waals surface area (Å²) < 4.78 is 0. The van der Waals surface area contributed by atoms with Gasteiger partial charge in [-0.15, -0.1) is 0 Å². The standard InChI is InChI=1S/C8H14N4O2/c9-6-4-11(5-6)1-2-12-7(13)3-10-8(12)14/h6H,1-5,9H2,(H,10,14). The van der Waals surface area contributed by atoms with Gasteiger partial charge in [0.25, 0.3) is 0 Å². The smallest absolute Gasteiger partial charge is 0.324 e. The Hall–Kier alpha value is -1.14. The highest BCUT2D eigenvalue weighted by molar-refractivity contribution is 6.01. The van der Waals surface area contributed by atoms with Gasteiger partial charge < -0.3 is 11.1 Å². The van der Waals surface area contributed by atoms with Crippen LogP contribution >= 0.6 is 0 Å². The molecule has 2 rings (SSSR count). The molecule has 0 aromatic heterocycles. The van der Waals surface area contributed by atoms with Crippen LogP contribution in [0.4, 0.5) is 4.79 Å². The molecule has 6 nitrogen and oxygen atoms in total. The van der Waals surface area contributed by atoms with Gasteiger partial charge in [0.15, 0.2) is 0 Å². The third-order valence-corrected chi connectivity index (χ3v) is 2.56. The highest BCUT2D eigenvalue weighted by Crippen LogP contribution is 2.06. The number of amides is 3. The molecule has 2 aliphatic rings. The summed E-state index contributed by atoms with van der Waals surface area (Å²) in [6.45, 7) is 3.07. The molecule has 6 heteroatoms. The molecule has 78 valence electrons. The summed E-state index contributed by atoms with van der Waals surface area (Å²) in [5.41, 5.74) is 5.61. The molecule has 2 aliphatic heterocycles. The van der Waals surface area contributed by atoms with Crippen molar-refractivity contribution in [3.05, 3.63) is 0 Å². The number of nitrogens with zero attached hydrogens (tertiary/aromatic N) is 2. The van der Waals surface area contributed by atoms with Crippen LogP contribution in [0.25, 0.3) is 0 Å². The molecule has 3 N–H and O–H groups in total. The van der Waals surface area contributed by atoms with E-state index in [1.165, 1.54) is 4.90 Å². The van der Waals surface area contributed by atoms with Gasteiger partial charge >= 0.3 is 6.03 Å². The predicted molar refractivity (Wildman–Crippen MR) is 49.5 cm³/mol. The first-order valence-corrected chi connectivity index (χ1v) is 4.73. The van der Waals surface area contributed by atoms with Crippen LogP contribution in [0.15, 0.2) is 0 Å². The molecule has 0 atom stereocenters. The number of carbonyl (C=O) groups excluding carboxylic acids is 2. The molecule has 0 radical (unpaired) electrons. The van der Waals surface area contributed by atoms with Crippen molar-refractivity contribution < 1.29 is 9.59 Å². The van der Waals surface area contributed by atoms with Crippen molar-refractivity contribution in [3.63, 3.8) is 0 Å². The van der Waals surface area contributed by atoms with Crippen LogP contribution in [0, 0.1) is 0 Å².